The molecule has 0 atom stereocenters. The summed E-state index contributed by atoms with van der Waals surface area (Å²) in [5.74, 6) is 0.963. The van der Waals surface area contributed by atoms with Gasteiger partial charge in [0.2, 0.25) is 0 Å². The van der Waals surface area contributed by atoms with Crippen LogP contribution in [-0.2, 0) is 11.3 Å². The summed E-state index contributed by atoms with van der Waals surface area (Å²) >= 11 is 0. The molecule has 0 aliphatic carbocycles. The predicted octanol–water partition coefficient (Wildman–Crippen LogP) is 7.69. The monoisotopic (exact) mass is 379 g/mol. The number of nitrogens with zero attached hydrogens (tertiary/aromatic N) is 1. The third-order valence-corrected chi connectivity index (χ3v) is 4.01. The molecule has 1 aromatic rings. The first kappa shape index (κ1) is 27.7. The molecule has 0 aliphatic rings. The Morgan fingerprint density at radius 2 is 1.37 bits per heavy atom. The van der Waals surface area contributed by atoms with E-state index in [4.69, 9.17) is 4.74 Å². The third-order valence-electron chi connectivity index (χ3n) is 4.01. The van der Waals surface area contributed by atoms with Crippen molar-refractivity contribution in [3.8, 4) is 0 Å². The van der Waals surface area contributed by atoms with Gasteiger partial charge in [-0.25, -0.2) is 4.79 Å². The molecule has 1 amide bonds. The fraction of sp³-hybridized carbons (Fsp3) is 0.708. The summed E-state index contributed by atoms with van der Waals surface area (Å²) in [5, 5.41) is 0. The maximum Gasteiger partial charge on any atom is 0.410 e. The van der Waals surface area contributed by atoms with Crippen LogP contribution in [-0.4, -0.2) is 24.1 Å². The van der Waals surface area contributed by atoms with Crippen molar-refractivity contribution in [2.75, 3.05) is 13.1 Å². The van der Waals surface area contributed by atoms with Gasteiger partial charge < -0.3 is 9.64 Å². The fourth-order valence-electron chi connectivity index (χ4n) is 2.77. The second kappa shape index (κ2) is 20.8. The summed E-state index contributed by atoms with van der Waals surface area (Å²) in [6.07, 6.45) is 7.22. The molecule has 0 fully saturated rings. The molecule has 3 nitrogen and oxygen atoms in total. The minimum Gasteiger partial charge on any atom is -0.445 e. The highest BCUT2D eigenvalue weighted by molar-refractivity contribution is 5.67. The number of carbonyl (C=O) groups excluding carboxylic acids is 1. The standard InChI is InChI=1S/C14H21NO2.C8H18.C2H6/c1-3-10-15(11-4-2)14(16)17-12-13-8-6-5-7-9-13;1-4-6-8(3)7-5-2;1-2/h5-9H,3-4,10-12H2,1-2H3;8H,4-7H2,1-3H3;1-2H3. The Kier molecular flexibility index (Phi) is 21.3. The smallest absolute Gasteiger partial charge is 0.410 e. The topological polar surface area (TPSA) is 29.5 Å². The molecule has 0 saturated carbocycles. The molecule has 0 spiro atoms. The highest BCUT2D eigenvalue weighted by atomic mass is 16.6. The van der Waals surface area contributed by atoms with Crippen LogP contribution in [0.3, 0.4) is 0 Å². The van der Waals surface area contributed by atoms with Crippen molar-refractivity contribution in [3.63, 3.8) is 0 Å². The molecular weight excluding hydrogens is 334 g/mol. The first-order valence-electron chi connectivity index (χ1n) is 11.0. The van der Waals surface area contributed by atoms with E-state index >= 15 is 0 Å². The average Bonchev–Trinajstić information content (AvgIpc) is 2.69. The van der Waals surface area contributed by atoms with Crippen LogP contribution in [0.4, 0.5) is 4.79 Å². The molecule has 0 radical (unpaired) electrons. The molecule has 158 valence electrons. The largest absolute Gasteiger partial charge is 0.445 e. The minimum absolute atomic E-state index is 0.211. The molecule has 0 unspecified atom stereocenters. The lowest BCUT2D eigenvalue weighted by Gasteiger charge is -2.20. The lowest BCUT2D eigenvalue weighted by Crippen LogP contribution is -2.32. The van der Waals surface area contributed by atoms with Gasteiger partial charge in [0.1, 0.15) is 6.61 Å². The SMILES string of the molecule is CC.CCCC(C)CCC.CCCN(CCC)C(=O)OCc1ccccc1. The summed E-state index contributed by atoms with van der Waals surface area (Å²) in [7, 11) is 0. The van der Waals surface area contributed by atoms with Gasteiger partial charge in [-0.2, -0.15) is 0 Å². The number of hydrogen-bond donors (Lipinski definition) is 0. The Bertz CT molecular complexity index is 408. The minimum atomic E-state index is -0.211. The number of ether oxygens (including phenoxy) is 1. The van der Waals surface area contributed by atoms with Crippen LogP contribution in [0.1, 0.15) is 92.6 Å². The van der Waals surface area contributed by atoms with E-state index < -0.39 is 0 Å². The molecule has 0 N–H and O–H groups in total. The second-order valence-electron chi connectivity index (χ2n) is 6.71. The first-order chi connectivity index (χ1) is 13.1. The van der Waals surface area contributed by atoms with Gasteiger partial charge in [0.25, 0.3) is 0 Å². The third kappa shape index (κ3) is 16.4. The normalized spacial score (nSPS) is 9.63. The number of rotatable bonds is 10. The van der Waals surface area contributed by atoms with E-state index in [9.17, 15) is 4.79 Å². The quantitative estimate of drug-likeness (QED) is 0.417. The predicted molar refractivity (Wildman–Crippen MR) is 119 cm³/mol. The molecule has 1 rings (SSSR count). The van der Waals surface area contributed by atoms with Crippen molar-refractivity contribution in [1.82, 2.24) is 4.90 Å². The molecule has 0 aliphatic heterocycles. The summed E-state index contributed by atoms with van der Waals surface area (Å²) in [6.45, 7) is 16.9. The van der Waals surface area contributed by atoms with E-state index in [0.29, 0.717) is 6.61 Å². The molecule has 0 heterocycles. The Morgan fingerprint density at radius 1 is 0.889 bits per heavy atom. The van der Waals surface area contributed by atoms with Crippen molar-refractivity contribution in [2.45, 2.75) is 93.6 Å². The lowest BCUT2D eigenvalue weighted by molar-refractivity contribution is 0.0961. The molecule has 0 bridgehead atoms. The zero-order chi connectivity index (χ0) is 20.9. The molecule has 1 aromatic carbocycles. The van der Waals surface area contributed by atoms with Crippen LogP contribution in [0.5, 0.6) is 0 Å². The van der Waals surface area contributed by atoms with Crippen molar-refractivity contribution in [2.24, 2.45) is 5.92 Å². The van der Waals surface area contributed by atoms with Gasteiger partial charge in [-0.1, -0.05) is 104 Å². The van der Waals surface area contributed by atoms with Gasteiger partial charge in [-0.3, -0.25) is 0 Å². The second-order valence-corrected chi connectivity index (χ2v) is 6.71. The van der Waals surface area contributed by atoms with Crippen LogP contribution in [0.15, 0.2) is 30.3 Å². The van der Waals surface area contributed by atoms with E-state index in [0.717, 1.165) is 37.4 Å². The summed E-state index contributed by atoms with van der Waals surface area (Å²) in [6, 6.07) is 9.75. The Balaban J connectivity index is 0. The lowest BCUT2D eigenvalue weighted by atomic mass is 10.0. The van der Waals surface area contributed by atoms with Crippen molar-refractivity contribution in [3.05, 3.63) is 35.9 Å². The van der Waals surface area contributed by atoms with Gasteiger partial charge in [0, 0.05) is 13.1 Å². The van der Waals surface area contributed by atoms with Crippen LogP contribution >= 0.6 is 0 Å². The van der Waals surface area contributed by atoms with Crippen LogP contribution < -0.4 is 0 Å². The Hall–Kier alpha value is -1.51. The van der Waals surface area contributed by atoms with Gasteiger partial charge in [-0.05, 0) is 24.3 Å². The number of carbonyl (C=O) groups is 1. The van der Waals surface area contributed by atoms with Crippen LogP contribution in [0.2, 0.25) is 0 Å². The first-order valence-corrected chi connectivity index (χ1v) is 11.0. The van der Waals surface area contributed by atoms with Crippen LogP contribution in [0, 0.1) is 5.92 Å². The van der Waals surface area contributed by atoms with Crippen LogP contribution in [0.25, 0.3) is 0 Å². The highest BCUT2D eigenvalue weighted by Crippen LogP contribution is 2.10. The maximum absolute atomic E-state index is 11.8. The Morgan fingerprint density at radius 3 is 1.78 bits per heavy atom. The van der Waals surface area contributed by atoms with E-state index in [1.54, 1.807) is 4.90 Å². The number of amides is 1. The fourth-order valence-corrected chi connectivity index (χ4v) is 2.77. The number of benzene rings is 1. The van der Waals surface area contributed by atoms with Crippen molar-refractivity contribution >= 4 is 6.09 Å². The summed E-state index contributed by atoms with van der Waals surface area (Å²) in [4.78, 5) is 13.6. The molecule has 3 heteroatoms. The zero-order valence-corrected chi connectivity index (χ0v) is 19.1. The Labute approximate surface area is 169 Å². The van der Waals surface area contributed by atoms with Gasteiger partial charge in [0.05, 0.1) is 0 Å². The van der Waals surface area contributed by atoms with Crippen molar-refractivity contribution < 1.29 is 9.53 Å². The zero-order valence-electron chi connectivity index (χ0n) is 19.1. The van der Waals surface area contributed by atoms with Gasteiger partial charge in [0.15, 0.2) is 0 Å². The molecule has 0 saturated heterocycles. The van der Waals surface area contributed by atoms with Crippen molar-refractivity contribution in [1.29, 1.82) is 0 Å². The molecule has 0 aromatic heterocycles. The highest BCUT2D eigenvalue weighted by Gasteiger charge is 2.12. The summed E-state index contributed by atoms with van der Waals surface area (Å²) < 4.78 is 5.28. The van der Waals surface area contributed by atoms with Gasteiger partial charge in [-0.15, -0.1) is 0 Å². The van der Waals surface area contributed by atoms with Gasteiger partial charge >= 0.3 is 6.09 Å². The summed E-state index contributed by atoms with van der Waals surface area (Å²) in [5.41, 5.74) is 1.02. The molecule has 27 heavy (non-hydrogen) atoms. The molecular formula is C24H45NO2. The van der Waals surface area contributed by atoms with E-state index in [-0.39, 0.29) is 6.09 Å². The average molecular weight is 380 g/mol. The number of hydrogen-bond acceptors (Lipinski definition) is 2. The van der Waals surface area contributed by atoms with E-state index in [1.165, 1.54) is 25.7 Å². The van der Waals surface area contributed by atoms with E-state index in [1.807, 2.05) is 44.2 Å². The maximum atomic E-state index is 11.8. The van der Waals surface area contributed by atoms with E-state index in [2.05, 4.69) is 34.6 Å².